The molecule has 1 aromatic heterocycles. The molecule has 0 radical (unpaired) electrons. The minimum Gasteiger partial charge on any atom is -0.359 e. The van der Waals surface area contributed by atoms with E-state index in [-0.39, 0.29) is 0 Å². The maximum atomic E-state index is 4.31. The zero-order valence-corrected chi connectivity index (χ0v) is 9.09. The van der Waals surface area contributed by atoms with Crippen LogP contribution in [0, 0.1) is 6.92 Å². The SMILES string of the molecule is CCN(C)c1nc(C)ncc1Br. The molecular weight excluding hydrogens is 218 g/mol. The Bertz CT molecular complexity index is 275. The van der Waals surface area contributed by atoms with E-state index in [1.165, 1.54) is 0 Å². The molecule has 0 aliphatic rings. The molecule has 66 valence electrons. The van der Waals surface area contributed by atoms with Crippen LogP contribution in [0.25, 0.3) is 0 Å². The number of aryl methyl sites for hydroxylation is 1. The van der Waals surface area contributed by atoms with Crippen molar-refractivity contribution < 1.29 is 0 Å². The average Bonchev–Trinajstić information content (AvgIpc) is 2.08. The molecular formula is C8H12BrN3. The molecule has 0 aromatic carbocycles. The Morgan fingerprint density at radius 2 is 2.25 bits per heavy atom. The van der Waals surface area contributed by atoms with Crippen LogP contribution in [-0.4, -0.2) is 23.6 Å². The number of hydrogen-bond acceptors (Lipinski definition) is 3. The number of anilines is 1. The molecule has 4 heteroatoms. The summed E-state index contributed by atoms with van der Waals surface area (Å²) >= 11 is 3.41. The van der Waals surface area contributed by atoms with Crippen LogP contribution >= 0.6 is 15.9 Å². The molecule has 1 heterocycles. The smallest absolute Gasteiger partial charge is 0.146 e. The summed E-state index contributed by atoms with van der Waals surface area (Å²) < 4.78 is 0.942. The van der Waals surface area contributed by atoms with Gasteiger partial charge in [-0.05, 0) is 29.8 Å². The van der Waals surface area contributed by atoms with E-state index in [9.17, 15) is 0 Å². The van der Waals surface area contributed by atoms with Gasteiger partial charge < -0.3 is 4.90 Å². The molecule has 0 aliphatic heterocycles. The Labute approximate surface area is 81.0 Å². The summed E-state index contributed by atoms with van der Waals surface area (Å²) in [4.78, 5) is 10.5. The van der Waals surface area contributed by atoms with Gasteiger partial charge in [-0.3, -0.25) is 0 Å². The van der Waals surface area contributed by atoms with Crippen LogP contribution in [0.3, 0.4) is 0 Å². The lowest BCUT2D eigenvalue weighted by molar-refractivity contribution is 0.905. The summed E-state index contributed by atoms with van der Waals surface area (Å²) in [5.74, 6) is 1.75. The summed E-state index contributed by atoms with van der Waals surface area (Å²) in [5, 5.41) is 0. The highest BCUT2D eigenvalue weighted by atomic mass is 79.9. The Hall–Kier alpha value is -0.640. The quantitative estimate of drug-likeness (QED) is 0.778. The second kappa shape index (κ2) is 3.85. The Balaban J connectivity index is 3.04. The molecule has 1 rings (SSSR count). The Morgan fingerprint density at radius 1 is 1.58 bits per heavy atom. The van der Waals surface area contributed by atoms with E-state index < -0.39 is 0 Å². The maximum Gasteiger partial charge on any atom is 0.146 e. The lowest BCUT2D eigenvalue weighted by atomic mass is 10.5. The van der Waals surface area contributed by atoms with Crippen molar-refractivity contribution in [2.45, 2.75) is 13.8 Å². The van der Waals surface area contributed by atoms with Crippen LogP contribution in [0.2, 0.25) is 0 Å². The molecule has 1 aromatic rings. The van der Waals surface area contributed by atoms with E-state index in [0.717, 1.165) is 22.7 Å². The van der Waals surface area contributed by atoms with Gasteiger partial charge in [0.1, 0.15) is 11.6 Å². The van der Waals surface area contributed by atoms with Gasteiger partial charge >= 0.3 is 0 Å². The van der Waals surface area contributed by atoms with Gasteiger partial charge in [0, 0.05) is 19.8 Å². The van der Waals surface area contributed by atoms with Gasteiger partial charge in [-0.1, -0.05) is 0 Å². The van der Waals surface area contributed by atoms with Crippen LogP contribution < -0.4 is 4.90 Å². The second-order valence-electron chi connectivity index (χ2n) is 2.60. The predicted molar refractivity (Wildman–Crippen MR) is 53.4 cm³/mol. The van der Waals surface area contributed by atoms with Crippen LogP contribution in [0.4, 0.5) is 5.82 Å². The van der Waals surface area contributed by atoms with E-state index in [0.29, 0.717) is 0 Å². The van der Waals surface area contributed by atoms with E-state index in [1.807, 2.05) is 14.0 Å². The summed E-state index contributed by atoms with van der Waals surface area (Å²) in [6.45, 7) is 4.92. The molecule has 3 nitrogen and oxygen atoms in total. The van der Waals surface area contributed by atoms with Crippen molar-refractivity contribution in [2.75, 3.05) is 18.5 Å². The fraction of sp³-hybridized carbons (Fsp3) is 0.500. The van der Waals surface area contributed by atoms with Gasteiger partial charge in [-0.2, -0.15) is 0 Å². The molecule has 0 saturated carbocycles. The summed E-state index contributed by atoms with van der Waals surface area (Å²) in [5.41, 5.74) is 0. The standard InChI is InChI=1S/C8H12BrN3/c1-4-12(3)8-7(9)5-10-6(2)11-8/h5H,4H2,1-3H3. The number of rotatable bonds is 2. The van der Waals surface area contributed by atoms with Gasteiger partial charge in [0.05, 0.1) is 4.47 Å². The Kier molecular flexibility index (Phi) is 3.03. The zero-order valence-electron chi connectivity index (χ0n) is 7.50. The normalized spacial score (nSPS) is 10.0. The molecule has 0 fully saturated rings. The van der Waals surface area contributed by atoms with Gasteiger partial charge in [-0.15, -0.1) is 0 Å². The van der Waals surface area contributed by atoms with Crippen molar-refractivity contribution in [2.24, 2.45) is 0 Å². The first-order valence-corrected chi connectivity index (χ1v) is 4.64. The molecule has 0 atom stereocenters. The van der Waals surface area contributed by atoms with Crippen molar-refractivity contribution in [3.8, 4) is 0 Å². The van der Waals surface area contributed by atoms with E-state index in [2.05, 4.69) is 37.7 Å². The minimum atomic E-state index is 0.800. The third-order valence-electron chi connectivity index (χ3n) is 1.68. The largest absolute Gasteiger partial charge is 0.359 e. The van der Waals surface area contributed by atoms with Gasteiger partial charge in [0.2, 0.25) is 0 Å². The summed E-state index contributed by atoms with van der Waals surface area (Å²) in [6.07, 6.45) is 1.78. The molecule has 0 N–H and O–H groups in total. The molecule has 0 amide bonds. The Morgan fingerprint density at radius 3 is 2.83 bits per heavy atom. The van der Waals surface area contributed by atoms with Crippen molar-refractivity contribution in [3.63, 3.8) is 0 Å². The van der Waals surface area contributed by atoms with Crippen LogP contribution in [0.1, 0.15) is 12.7 Å². The third-order valence-corrected chi connectivity index (χ3v) is 2.24. The van der Waals surface area contributed by atoms with Crippen LogP contribution in [-0.2, 0) is 0 Å². The third kappa shape index (κ3) is 1.94. The van der Waals surface area contributed by atoms with Gasteiger partial charge in [-0.25, -0.2) is 9.97 Å². The minimum absolute atomic E-state index is 0.800. The fourth-order valence-electron chi connectivity index (χ4n) is 0.861. The zero-order chi connectivity index (χ0) is 9.14. The molecule has 0 bridgehead atoms. The first kappa shape index (κ1) is 9.45. The van der Waals surface area contributed by atoms with E-state index in [4.69, 9.17) is 0 Å². The topological polar surface area (TPSA) is 29.0 Å². The first-order chi connectivity index (χ1) is 5.65. The molecule has 0 spiro atoms. The highest BCUT2D eigenvalue weighted by Crippen LogP contribution is 2.21. The highest BCUT2D eigenvalue weighted by molar-refractivity contribution is 9.10. The number of aromatic nitrogens is 2. The molecule has 0 unspecified atom stereocenters. The number of hydrogen-bond donors (Lipinski definition) is 0. The summed E-state index contributed by atoms with van der Waals surface area (Å²) in [6, 6.07) is 0. The fourth-order valence-corrected chi connectivity index (χ4v) is 1.35. The lowest BCUT2D eigenvalue weighted by Gasteiger charge is -2.16. The average molecular weight is 230 g/mol. The van der Waals surface area contributed by atoms with E-state index in [1.54, 1.807) is 6.20 Å². The monoisotopic (exact) mass is 229 g/mol. The molecule has 0 saturated heterocycles. The van der Waals surface area contributed by atoms with Gasteiger partial charge in [0.15, 0.2) is 0 Å². The number of halogens is 1. The van der Waals surface area contributed by atoms with Crippen LogP contribution in [0.15, 0.2) is 10.7 Å². The maximum absolute atomic E-state index is 4.31. The van der Waals surface area contributed by atoms with E-state index >= 15 is 0 Å². The van der Waals surface area contributed by atoms with Crippen molar-refractivity contribution >= 4 is 21.7 Å². The van der Waals surface area contributed by atoms with Crippen molar-refractivity contribution in [3.05, 3.63) is 16.5 Å². The molecule has 12 heavy (non-hydrogen) atoms. The first-order valence-electron chi connectivity index (χ1n) is 3.85. The molecule has 0 aliphatic carbocycles. The second-order valence-corrected chi connectivity index (χ2v) is 3.46. The van der Waals surface area contributed by atoms with Crippen molar-refractivity contribution in [1.82, 2.24) is 9.97 Å². The van der Waals surface area contributed by atoms with Gasteiger partial charge in [0.25, 0.3) is 0 Å². The summed E-state index contributed by atoms with van der Waals surface area (Å²) in [7, 11) is 2.01. The predicted octanol–water partition coefficient (Wildman–Crippen LogP) is 2.00. The van der Waals surface area contributed by atoms with Crippen molar-refractivity contribution in [1.29, 1.82) is 0 Å². The highest BCUT2D eigenvalue weighted by Gasteiger charge is 2.05. The van der Waals surface area contributed by atoms with Crippen LogP contribution in [0.5, 0.6) is 0 Å². The number of nitrogens with zero attached hydrogens (tertiary/aromatic N) is 3. The lowest BCUT2D eigenvalue weighted by Crippen LogP contribution is -2.18.